The molecule has 0 aromatic rings. The summed E-state index contributed by atoms with van der Waals surface area (Å²) in [5.74, 6) is 1.24. The number of ether oxygens (including phenoxy) is 1. The molecule has 0 heterocycles. The standard InChI is InChI=1S/C16H31NO3/c1-3-6-15(18)9-17-10-16(19)12-20-11-14-8-5-4-7-13(14)2/h4-5,13-19H,3,6-12H2,1-2H3. The molecule has 0 amide bonds. The highest BCUT2D eigenvalue weighted by Crippen LogP contribution is 2.24. The van der Waals surface area contributed by atoms with Crippen molar-refractivity contribution in [3.8, 4) is 0 Å². The second-order valence-electron chi connectivity index (χ2n) is 5.97. The van der Waals surface area contributed by atoms with Gasteiger partial charge in [-0.15, -0.1) is 0 Å². The van der Waals surface area contributed by atoms with Gasteiger partial charge in [-0.05, 0) is 31.1 Å². The lowest BCUT2D eigenvalue weighted by atomic mass is 9.85. The van der Waals surface area contributed by atoms with Crippen LogP contribution in [0.1, 0.15) is 39.5 Å². The van der Waals surface area contributed by atoms with E-state index in [-0.39, 0.29) is 6.10 Å². The van der Waals surface area contributed by atoms with Crippen LogP contribution in [0.2, 0.25) is 0 Å². The van der Waals surface area contributed by atoms with Crippen LogP contribution in [0.5, 0.6) is 0 Å². The van der Waals surface area contributed by atoms with Crippen LogP contribution in [0.4, 0.5) is 0 Å². The van der Waals surface area contributed by atoms with Gasteiger partial charge in [-0.2, -0.15) is 0 Å². The molecule has 20 heavy (non-hydrogen) atoms. The lowest BCUT2D eigenvalue weighted by Gasteiger charge is -2.25. The molecule has 1 aliphatic rings. The Bertz CT molecular complexity index is 270. The molecule has 4 atom stereocenters. The van der Waals surface area contributed by atoms with Gasteiger partial charge in [0.15, 0.2) is 0 Å². The molecule has 0 aliphatic heterocycles. The van der Waals surface area contributed by atoms with Crippen LogP contribution in [0.25, 0.3) is 0 Å². The largest absolute Gasteiger partial charge is 0.392 e. The van der Waals surface area contributed by atoms with Gasteiger partial charge in [0.1, 0.15) is 0 Å². The van der Waals surface area contributed by atoms with Crippen molar-refractivity contribution in [3.05, 3.63) is 12.2 Å². The third kappa shape index (κ3) is 7.39. The summed E-state index contributed by atoms with van der Waals surface area (Å²) in [7, 11) is 0. The molecule has 118 valence electrons. The second kappa shape index (κ2) is 10.3. The van der Waals surface area contributed by atoms with Crippen molar-refractivity contribution in [2.45, 2.75) is 51.7 Å². The summed E-state index contributed by atoms with van der Waals surface area (Å²) in [5, 5.41) is 22.4. The Balaban J connectivity index is 2.02. The molecule has 4 heteroatoms. The van der Waals surface area contributed by atoms with Crippen LogP contribution in [-0.2, 0) is 4.74 Å². The number of allylic oxidation sites excluding steroid dienone is 2. The maximum Gasteiger partial charge on any atom is 0.0897 e. The van der Waals surface area contributed by atoms with Crippen molar-refractivity contribution in [3.63, 3.8) is 0 Å². The molecule has 1 rings (SSSR count). The highest BCUT2D eigenvalue weighted by Gasteiger charge is 2.18. The fraction of sp³-hybridized carbons (Fsp3) is 0.875. The van der Waals surface area contributed by atoms with Crippen molar-refractivity contribution in [1.29, 1.82) is 0 Å². The molecular weight excluding hydrogens is 254 g/mol. The zero-order valence-electron chi connectivity index (χ0n) is 12.9. The Labute approximate surface area is 123 Å². The van der Waals surface area contributed by atoms with Crippen LogP contribution in [0.15, 0.2) is 12.2 Å². The van der Waals surface area contributed by atoms with Crippen molar-refractivity contribution < 1.29 is 14.9 Å². The first kappa shape index (κ1) is 17.6. The Morgan fingerprint density at radius 3 is 2.60 bits per heavy atom. The van der Waals surface area contributed by atoms with E-state index >= 15 is 0 Å². The van der Waals surface area contributed by atoms with Gasteiger partial charge in [-0.1, -0.05) is 32.4 Å². The van der Waals surface area contributed by atoms with E-state index in [2.05, 4.69) is 24.4 Å². The van der Waals surface area contributed by atoms with Crippen LogP contribution in [0, 0.1) is 11.8 Å². The lowest BCUT2D eigenvalue weighted by molar-refractivity contribution is 0.0117. The van der Waals surface area contributed by atoms with E-state index < -0.39 is 6.10 Å². The first-order valence-electron chi connectivity index (χ1n) is 7.93. The van der Waals surface area contributed by atoms with Crippen LogP contribution in [0.3, 0.4) is 0 Å². The highest BCUT2D eigenvalue weighted by atomic mass is 16.5. The molecule has 4 nitrogen and oxygen atoms in total. The Kier molecular flexibility index (Phi) is 9.10. The van der Waals surface area contributed by atoms with Gasteiger partial charge in [0, 0.05) is 13.1 Å². The average Bonchev–Trinajstić information content (AvgIpc) is 2.41. The number of aliphatic hydroxyl groups excluding tert-OH is 2. The van der Waals surface area contributed by atoms with E-state index in [9.17, 15) is 10.2 Å². The Morgan fingerprint density at radius 1 is 1.20 bits per heavy atom. The van der Waals surface area contributed by atoms with E-state index in [1.807, 2.05) is 6.92 Å². The fourth-order valence-corrected chi connectivity index (χ4v) is 2.51. The van der Waals surface area contributed by atoms with E-state index in [4.69, 9.17) is 4.74 Å². The molecule has 0 aromatic carbocycles. The topological polar surface area (TPSA) is 61.7 Å². The van der Waals surface area contributed by atoms with Gasteiger partial charge in [0.25, 0.3) is 0 Å². The second-order valence-corrected chi connectivity index (χ2v) is 5.97. The van der Waals surface area contributed by atoms with Crippen LogP contribution in [-0.4, -0.2) is 48.7 Å². The molecule has 0 fully saturated rings. The maximum atomic E-state index is 9.80. The van der Waals surface area contributed by atoms with Crippen molar-refractivity contribution in [1.82, 2.24) is 5.32 Å². The maximum absolute atomic E-state index is 9.80. The Morgan fingerprint density at radius 2 is 1.90 bits per heavy atom. The predicted molar refractivity (Wildman–Crippen MR) is 81.6 cm³/mol. The minimum Gasteiger partial charge on any atom is -0.392 e. The summed E-state index contributed by atoms with van der Waals surface area (Å²) < 4.78 is 5.62. The van der Waals surface area contributed by atoms with E-state index in [1.165, 1.54) is 0 Å². The summed E-state index contributed by atoms with van der Waals surface area (Å²) in [4.78, 5) is 0. The van der Waals surface area contributed by atoms with Crippen molar-refractivity contribution in [2.75, 3.05) is 26.3 Å². The quantitative estimate of drug-likeness (QED) is 0.535. The highest BCUT2D eigenvalue weighted by molar-refractivity contribution is 4.93. The number of rotatable bonds is 10. The molecule has 0 spiro atoms. The molecule has 0 bridgehead atoms. The molecule has 0 saturated carbocycles. The van der Waals surface area contributed by atoms with Gasteiger partial charge >= 0.3 is 0 Å². The van der Waals surface area contributed by atoms with Crippen LogP contribution >= 0.6 is 0 Å². The third-order valence-electron chi connectivity index (χ3n) is 3.94. The summed E-state index contributed by atoms with van der Waals surface area (Å²) in [6, 6.07) is 0. The van der Waals surface area contributed by atoms with Crippen LogP contribution < -0.4 is 5.32 Å². The molecule has 3 N–H and O–H groups in total. The molecule has 0 aromatic heterocycles. The smallest absolute Gasteiger partial charge is 0.0897 e. The molecule has 0 radical (unpaired) electrons. The molecule has 4 unspecified atom stereocenters. The first-order valence-corrected chi connectivity index (χ1v) is 7.93. The van der Waals surface area contributed by atoms with Gasteiger partial charge in [0.05, 0.1) is 25.4 Å². The van der Waals surface area contributed by atoms with Gasteiger partial charge in [-0.25, -0.2) is 0 Å². The number of hydrogen-bond donors (Lipinski definition) is 3. The monoisotopic (exact) mass is 285 g/mol. The first-order chi connectivity index (χ1) is 9.63. The third-order valence-corrected chi connectivity index (χ3v) is 3.94. The van der Waals surface area contributed by atoms with E-state index in [0.29, 0.717) is 31.5 Å². The fourth-order valence-electron chi connectivity index (χ4n) is 2.51. The number of nitrogens with one attached hydrogen (secondary N) is 1. The zero-order valence-corrected chi connectivity index (χ0v) is 12.9. The predicted octanol–water partition coefficient (Wildman–Crippen LogP) is 1.72. The molecule has 1 aliphatic carbocycles. The molecule has 0 saturated heterocycles. The minimum absolute atomic E-state index is 0.317. The number of aliphatic hydroxyl groups is 2. The van der Waals surface area contributed by atoms with Gasteiger partial charge < -0.3 is 20.3 Å². The summed E-state index contributed by atoms with van der Waals surface area (Å²) >= 11 is 0. The molecular formula is C16H31NO3. The zero-order chi connectivity index (χ0) is 14.8. The minimum atomic E-state index is -0.502. The normalized spacial score (nSPS) is 25.6. The summed E-state index contributed by atoms with van der Waals surface area (Å²) in [5.41, 5.74) is 0. The Hall–Kier alpha value is -0.420. The van der Waals surface area contributed by atoms with Crippen molar-refractivity contribution >= 4 is 0 Å². The van der Waals surface area contributed by atoms with Crippen molar-refractivity contribution in [2.24, 2.45) is 11.8 Å². The van der Waals surface area contributed by atoms with E-state index in [0.717, 1.165) is 32.3 Å². The summed E-state index contributed by atoms with van der Waals surface area (Å²) in [6.45, 7) is 6.40. The summed E-state index contributed by atoms with van der Waals surface area (Å²) in [6.07, 6.45) is 7.63. The van der Waals surface area contributed by atoms with Gasteiger partial charge in [-0.3, -0.25) is 0 Å². The number of hydrogen-bond acceptors (Lipinski definition) is 4. The van der Waals surface area contributed by atoms with Gasteiger partial charge in [0.2, 0.25) is 0 Å². The lowest BCUT2D eigenvalue weighted by Crippen LogP contribution is -2.35. The van der Waals surface area contributed by atoms with E-state index in [1.54, 1.807) is 0 Å². The SMILES string of the molecule is CCCC(O)CNCC(O)COCC1CC=CCC1C. The average molecular weight is 285 g/mol.